The highest BCUT2D eigenvalue weighted by molar-refractivity contribution is 5.32. The standard InChI is InChI=1S/C17H24FN/c1-2-19-13-17(14-5-7-15(18)8-6-14)11-16(12-17)9-3-4-10-16/h5-8,19H,2-4,9-13H2,1H3. The average Bonchev–Trinajstić information content (AvgIpc) is 2.85. The van der Waals surface area contributed by atoms with Crippen LogP contribution in [0.25, 0.3) is 0 Å². The Kier molecular flexibility index (Phi) is 3.38. The second kappa shape index (κ2) is 4.90. The van der Waals surface area contributed by atoms with Gasteiger partial charge < -0.3 is 5.32 Å². The first kappa shape index (κ1) is 13.1. The van der Waals surface area contributed by atoms with E-state index in [4.69, 9.17) is 0 Å². The van der Waals surface area contributed by atoms with E-state index in [2.05, 4.69) is 12.2 Å². The van der Waals surface area contributed by atoms with Crippen molar-refractivity contribution in [2.24, 2.45) is 5.41 Å². The van der Waals surface area contributed by atoms with Crippen LogP contribution in [0.4, 0.5) is 4.39 Å². The van der Waals surface area contributed by atoms with Gasteiger partial charge in [-0.3, -0.25) is 0 Å². The van der Waals surface area contributed by atoms with Crippen molar-refractivity contribution in [3.63, 3.8) is 0 Å². The number of hydrogen-bond donors (Lipinski definition) is 1. The largest absolute Gasteiger partial charge is 0.316 e. The first-order valence-corrected chi connectivity index (χ1v) is 7.65. The Morgan fingerprint density at radius 1 is 1.11 bits per heavy atom. The van der Waals surface area contributed by atoms with Crippen LogP contribution in [0.3, 0.4) is 0 Å². The van der Waals surface area contributed by atoms with Crippen LogP contribution in [0.1, 0.15) is 51.0 Å². The Hall–Kier alpha value is -0.890. The van der Waals surface area contributed by atoms with Gasteiger partial charge in [-0.2, -0.15) is 0 Å². The summed E-state index contributed by atoms with van der Waals surface area (Å²) in [5, 5.41) is 3.52. The van der Waals surface area contributed by atoms with Gasteiger partial charge in [0.25, 0.3) is 0 Å². The zero-order valence-corrected chi connectivity index (χ0v) is 11.8. The van der Waals surface area contributed by atoms with E-state index in [-0.39, 0.29) is 11.2 Å². The molecule has 0 unspecified atom stereocenters. The average molecular weight is 261 g/mol. The van der Waals surface area contributed by atoms with E-state index in [0.29, 0.717) is 5.41 Å². The van der Waals surface area contributed by atoms with Crippen LogP contribution < -0.4 is 5.32 Å². The molecule has 0 saturated heterocycles. The van der Waals surface area contributed by atoms with Crippen LogP contribution in [-0.2, 0) is 5.41 Å². The maximum atomic E-state index is 13.1. The SMILES string of the molecule is CCNCC1(c2ccc(F)cc2)CC2(CCCC2)C1. The highest BCUT2D eigenvalue weighted by Crippen LogP contribution is 2.62. The molecule has 0 aliphatic heterocycles. The van der Waals surface area contributed by atoms with Crippen LogP contribution >= 0.6 is 0 Å². The molecule has 0 amide bonds. The monoisotopic (exact) mass is 261 g/mol. The first-order chi connectivity index (χ1) is 9.18. The van der Waals surface area contributed by atoms with Gasteiger partial charge in [0.15, 0.2) is 0 Å². The van der Waals surface area contributed by atoms with Gasteiger partial charge in [-0.05, 0) is 55.3 Å². The molecule has 1 N–H and O–H groups in total. The minimum Gasteiger partial charge on any atom is -0.316 e. The quantitative estimate of drug-likeness (QED) is 0.863. The smallest absolute Gasteiger partial charge is 0.123 e. The third kappa shape index (κ3) is 2.31. The zero-order valence-electron chi connectivity index (χ0n) is 11.8. The lowest BCUT2D eigenvalue weighted by atomic mass is 9.49. The number of likely N-dealkylation sites (N-methyl/N-ethyl adjacent to an activating group) is 1. The van der Waals surface area contributed by atoms with E-state index in [1.807, 2.05) is 12.1 Å². The zero-order chi connectivity index (χ0) is 13.3. The molecule has 0 radical (unpaired) electrons. The van der Waals surface area contributed by atoms with Gasteiger partial charge in [0.1, 0.15) is 5.82 Å². The molecule has 2 fully saturated rings. The Morgan fingerprint density at radius 2 is 1.74 bits per heavy atom. The lowest BCUT2D eigenvalue weighted by molar-refractivity contribution is 0.0273. The van der Waals surface area contributed by atoms with Crippen molar-refractivity contribution in [1.29, 1.82) is 0 Å². The molecule has 1 spiro atoms. The molecule has 0 bridgehead atoms. The number of hydrogen-bond acceptors (Lipinski definition) is 1. The lowest BCUT2D eigenvalue weighted by Crippen LogP contribution is -2.53. The Bertz CT molecular complexity index is 423. The molecular formula is C17H24FN. The van der Waals surface area contributed by atoms with Crippen LogP contribution in [0.5, 0.6) is 0 Å². The molecular weight excluding hydrogens is 237 g/mol. The summed E-state index contributed by atoms with van der Waals surface area (Å²) in [5.74, 6) is -0.128. The predicted octanol–water partition coefficient (Wildman–Crippen LogP) is 4.03. The second-order valence-corrected chi connectivity index (χ2v) is 6.63. The van der Waals surface area contributed by atoms with E-state index in [0.717, 1.165) is 13.1 Å². The van der Waals surface area contributed by atoms with E-state index in [1.165, 1.54) is 44.1 Å². The Labute approximate surface area is 115 Å². The Morgan fingerprint density at radius 3 is 2.32 bits per heavy atom. The van der Waals surface area contributed by atoms with E-state index >= 15 is 0 Å². The van der Waals surface area contributed by atoms with Gasteiger partial charge in [0.05, 0.1) is 0 Å². The molecule has 19 heavy (non-hydrogen) atoms. The fraction of sp³-hybridized carbons (Fsp3) is 0.647. The summed E-state index contributed by atoms with van der Waals surface area (Å²) in [4.78, 5) is 0. The highest BCUT2D eigenvalue weighted by Gasteiger charge is 2.55. The molecule has 2 saturated carbocycles. The summed E-state index contributed by atoms with van der Waals surface area (Å²) < 4.78 is 13.1. The minimum atomic E-state index is -0.128. The van der Waals surface area contributed by atoms with E-state index < -0.39 is 0 Å². The summed E-state index contributed by atoms with van der Waals surface area (Å²) in [6.45, 7) is 4.20. The fourth-order valence-corrected chi connectivity index (χ4v) is 4.46. The molecule has 1 nitrogen and oxygen atoms in total. The second-order valence-electron chi connectivity index (χ2n) is 6.63. The summed E-state index contributed by atoms with van der Waals surface area (Å²) in [6.07, 6.45) is 8.20. The summed E-state index contributed by atoms with van der Waals surface area (Å²) in [5.41, 5.74) is 2.20. The minimum absolute atomic E-state index is 0.128. The molecule has 0 heterocycles. The fourth-order valence-electron chi connectivity index (χ4n) is 4.46. The van der Waals surface area contributed by atoms with Crippen LogP contribution in [0.15, 0.2) is 24.3 Å². The highest BCUT2D eigenvalue weighted by atomic mass is 19.1. The lowest BCUT2D eigenvalue weighted by Gasteiger charge is -2.56. The molecule has 2 heteroatoms. The van der Waals surface area contributed by atoms with E-state index in [1.54, 1.807) is 12.1 Å². The molecule has 1 aromatic carbocycles. The number of rotatable bonds is 4. The van der Waals surface area contributed by atoms with Crippen molar-refractivity contribution in [1.82, 2.24) is 5.32 Å². The van der Waals surface area contributed by atoms with Gasteiger partial charge in [-0.1, -0.05) is 31.9 Å². The number of benzene rings is 1. The molecule has 0 atom stereocenters. The van der Waals surface area contributed by atoms with Gasteiger partial charge in [0.2, 0.25) is 0 Å². The van der Waals surface area contributed by atoms with Gasteiger partial charge in [0, 0.05) is 12.0 Å². The van der Waals surface area contributed by atoms with Crippen molar-refractivity contribution in [2.45, 2.75) is 50.9 Å². The summed E-state index contributed by atoms with van der Waals surface area (Å²) in [7, 11) is 0. The number of halogens is 1. The van der Waals surface area contributed by atoms with Gasteiger partial charge in [-0.25, -0.2) is 4.39 Å². The van der Waals surface area contributed by atoms with E-state index in [9.17, 15) is 4.39 Å². The van der Waals surface area contributed by atoms with Crippen LogP contribution in [0, 0.1) is 11.2 Å². The molecule has 0 aromatic heterocycles. The molecule has 1 aromatic rings. The molecule has 104 valence electrons. The van der Waals surface area contributed by atoms with Crippen molar-refractivity contribution in [2.75, 3.05) is 13.1 Å². The molecule has 2 aliphatic rings. The summed E-state index contributed by atoms with van der Waals surface area (Å²) in [6, 6.07) is 7.22. The Balaban J connectivity index is 1.80. The molecule has 3 rings (SSSR count). The van der Waals surface area contributed by atoms with Crippen LogP contribution in [-0.4, -0.2) is 13.1 Å². The van der Waals surface area contributed by atoms with Crippen molar-refractivity contribution < 1.29 is 4.39 Å². The maximum Gasteiger partial charge on any atom is 0.123 e. The maximum absolute atomic E-state index is 13.1. The van der Waals surface area contributed by atoms with Crippen LogP contribution in [0.2, 0.25) is 0 Å². The van der Waals surface area contributed by atoms with Crippen molar-refractivity contribution in [3.05, 3.63) is 35.6 Å². The van der Waals surface area contributed by atoms with Gasteiger partial charge in [-0.15, -0.1) is 0 Å². The third-order valence-electron chi connectivity index (χ3n) is 5.26. The predicted molar refractivity (Wildman–Crippen MR) is 76.8 cm³/mol. The third-order valence-corrected chi connectivity index (χ3v) is 5.26. The topological polar surface area (TPSA) is 12.0 Å². The normalized spacial score (nSPS) is 23.5. The number of nitrogens with one attached hydrogen (secondary N) is 1. The first-order valence-electron chi connectivity index (χ1n) is 7.65. The summed E-state index contributed by atoms with van der Waals surface area (Å²) >= 11 is 0. The van der Waals surface area contributed by atoms with Crippen molar-refractivity contribution in [3.8, 4) is 0 Å². The van der Waals surface area contributed by atoms with Gasteiger partial charge >= 0.3 is 0 Å². The molecule has 2 aliphatic carbocycles. The van der Waals surface area contributed by atoms with Crippen molar-refractivity contribution >= 4 is 0 Å².